The largest absolute Gasteiger partial charge is 0.384 e. The quantitative estimate of drug-likeness (QED) is 0.810. The summed E-state index contributed by atoms with van der Waals surface area (Å²) < 4.78 is 26.3. The van der Waals surface area contributed by atoms with Gasteiger partial charge in [0.15, 0.2) is 0 Å². The van der Waals surface area contributed by atoms with Crippen molar-refractivity contribution >= 4 is 15.7 Å². The Kier molecular flexibility index (Phi) is 5.87. The first-order chi connectivity index (χ1) is 8.98. The van der Waals surface area contributed by atoms with Crippen molar-refractivity contribution in [3.8, 4) is 11.8 Å². The summed E-state index contributed by atoms with van der Waals surface area (Å²) in [5.41, 5.74) is 2.02. The third kappa shape index (κ3) is 5.33. The Bertz CT molecular complexity index is 582. The van der Waals surface area contributed by atoms with Crippen LogP contribution in [-0.2, 0) is 10.0 Å². The van der Waals surface area contributed by atoms with Crippen LogP contribution in [-0.4, -0.2) is 25.9 Å². The number of hydrogen-bond donors (Lipinski definition) is 2. The minimum atomic E-state index is -3.34. The van der Waals surface area contributed by atoms with Crippen LogP contribution in [0, 0.1) is 18.8 Å². The van der Waals surface area contributed by atoms with Crippen LogP contribution < -0.4 is 4.72 Å². The molecule has 0 heterocycles. The zero-order valence-corrected chi connectivity index (χ0v) is 12.0. The number of aliphatic hydroxyl groups is 1. The number of sulfonamides is 1. The van der Waals surface area contributed by atoms with E-state index in [1.165, 1.54) is 0 Å². The molecule has 0 aliphatic heterocycles. The van der Waals surface area contributed by atoms with Crippen LogP contribution in [0.4, 0.5) is 5.69 Å². The summed E-state index contributed by atoms with van der Waals surface area (Å²) in [5.74, 6) is 5.39. The molecule has 0 fully saturated rings. The molecule has 0 aliphatic rings. The predicted octanol–water partition coefficient (Wildman–Crippen LogP) is 1.88. The molecule has 0 spiro atoms. The second kappa shape index (κ2) is 7.17. The summed E-state index contributed by atoms with van der Waals surface area (Å²) >= 11 is 0. The molecule has 104 valence electrons. The van der Waals surface area contributed by atoms with Crippen molar-refractivity contribution in [3.05, 3.63) is 29.3 Å². The summed E-state index contributed by atoms with van der Waals surface area (Å²) in [5, 5.41) is 8.72. The van der Waals surface area contributed by atoms with Gasteiger partial charge in [-0.2, -0.15) is 0 Å². The van der Waals surface area contributed by atoms with Crippen molar-refractivity contribution in [2.45, 2.75) is 26.7 Å². The Morgan fingerprint density at radius 3 is 2.74 bits per heavy atom. The predicted molar refractivity (Wildman–Crippen MR) is 77.5 cm³/mol. The number of benzene rings is 1. The van der Waals surface area contributed by atoms with E-state index in [-0.39, 0.29) is 12.4 Å². The molecule has 0 amide bonds. The van der Waals surface area contributed by atoms with Crippen molar-refractivity contribution in [2.24, 2.45) is 0 Å². The van der Waals surface area contributed by atoms with Crippen molar-refractivity contribution < 1.29 is 13.5 Å². The molecule has 0 saturated heterocycles. The van der Waals surface area contributed by atoms with E-state index in [0.29, 0.717) is 17.7 Å². The number of hydrogen-bond acceptors (Lipinski definition) is 3. The topological polar surface area (TPSA) is 66.4 Å². The Morgan fingerprint density at radius 1 is 1.37 bits per heavy atom. The molecule has 0 unspecified atom stereocenters. The van der Waals surface area contributed by atoms with Gasteiger partial charge >= 0.3 is 0 Å². The molecule has 0 saturated carbocycles. The number of nitrogens with one attached hydrogen (secondary N) is 1. The molecule has 0 aromatic heterocycles. The first-order valence-electron chi connectivity index (χ1n) is 6.19. The van der Waals surface area contributed by atoms with Gasteiger partial charge in [0.05, 0.1) is 11.4 Å². The van der Waals surface area contributed by atoms with Gasteiger partial charge in [0, 0.05) is 5.56 Å². The zero-order valence-electron chi connectivity index (χ0n) is 11.2. The molecule has 0 bridgehead atoms. The van der Waals surface area contributed by atoms with Crippen molar-refractivity contribution in [1.29, 1.82) is 0 Å². The van der Waals surface area contributed by atoms with Gasteiger partial charge in [-0.1, -0.05) is 31.3 Å². The fraction of sp³-hybridized carbons (Fsp3) is 0.429. The number of aryl methyl sites for hydroxylation is 1. The van der Waals surface area contributed by atoms with E-state index < -0.39 is 10.0 Å². The number of aliphatic hydroxyl groups excluding tert-OH is 1. The first kappa shape index (κ1) is 15.5. The second-order valence-corrected chi connectivity index (χ2v) is 6.13. The minimum absolute atomic E-state index is 0.101. The first-order valence-corrected chi connectivity index (χ1v) is 7.84. The van der Waals surface area contributed by atoms with Gasteiger partial charge < -0.3 is 5.11 Å². The number of rotatable bonds is 5. The van der Waals surface area contributed by atoms with E-state index in [4.69, 9.17) is 5.11 Å². The van der Waals surface area contributed by atoms with Crippen LogP contribution in [0.3, 0.4) is 0 Å². The Labute approximate surface area is 114 Å². The molecule has 4 nitrogen and oxygen atoms in total. The molecule has 0 atom stereocenters. The summed E-state index contributed by atoms with van der Waals surface area (Å²) in [6.45, 7) is 3.59. The van der Waals surface area contributed by atoms with E-state index in [1.807, 2.05) is 19.9 Å². The molecule has 0 aliphatic carbocycles. The maximum atomic E-state index is 11.9. The lowest BCUT2D eigenvalue weighted by molar-refractivity contribution is 0.350. The number of unbranched alkanes of at least 4 members (excludes halogenated alkanes) is 1. The van der Waals surface area contributed by atoms with E-state index in [2.05, 4.69) is 16.6 Å². The second-order valence-electron chi connectivity index (χ2n) is 4.28. The maximum Gasteiger partial charge on any atom is 0.232 e. The van der Waals surface area contributed by atoms with Crippen LogP contribution in [0.15, 0.2) is 18.2 Å². The van der Waals surface area contributed by atoms with Gasteiger partial charge in [0.2, 0.25) is 10.0 Å². The average molecular weight is 281 g/mol. The van der Waals surface area contributed by atoms with Gasteiger partial charge in [-0.15, -0.1) is 0 Å². The standard InChI is InChI=1S/C14H19NO3S/c1-3-4-10-19(17,18)15-14-8-7-12(2)11-13(14)6-5-9-16/h7-8,11,15-16H,3-4,9-10H2,1-2H3. The van der Waals surface area contributed by atoms with Crippen molar-refractivity contribution in [3.63, 3.8) is 0 Å². The van der Waals surface area contributed by atoms with Crippen LogP contribution in [0.25, 0.3) is 0 Å². The van der Waals surface area contributed by atoms with Gasteiger partial charge in [-0.05, 0) is 31.0 Å². The Balaban J connectivity index is 3.00. The molecular weight excluding hydrogens is 262 g/mol. The lowest BCUT2D eigenvalue weighted by atomic mass is 10.1. The molecule has 1 aromatic rings. The highest BCUT2D eigenvalue weighted by atomic mass is 32.2. The Morgan fingerprint density at radius 2 is 2.11 bits per heavy atom. The van der Waals surface area contributed by atoms with Crippen molar-refractivity contribution in [1.82, 2.24) is 0 Å². The molecule has 0 radical (unpaired) electrons. The lowest BCUT2D eigenvalue weighted by Crippen LogP contribution is -2.17. The SMILES string of the molecule is CCCCS(=O)(=O)Nc1ccc(C)cc1C#CCO. The molecule has 1 aromatic carbocycles. The summed E-state index contributed by atoms with van der Waals surface area (Å²) in [6, 6.07) is 5.31. The fourth-order valence-electron chi connectivity index (χ4n) is 1.54. The van der Waals surface area contributed by atoms with Crippen LogP contribution in [0.5, 0.6) is 0 Å². The molecule has 5 heteroatoms. The van der Waals surface area contributed by atoms with E-state index in [9.17, 15) is 8.42 Å². The van der Waals surface area contributed by atoms with Crippen LogP contribution >= 0.6 is 0 Å². The maximum absolute atomic E-state index is 11.9. The highest BCUT2D eigenvalue weighted by Gasteiger charge is 2.11. The van der Waals surface area contributed by atoms with Crippen LogP contribution in [0.2, 0.25) is 0 Å². The van der Waals surface area contributed by atoms with E-state index in [1.54, 1.807) is 12.1 Å². The Hall–Kier alpha value is -1.51. The third-order valence-corrected chi connectivity index (χ3v) is 3.87. The smallest absolute Gasteiger partial charge is 0.232 e. The minimum Gasteiger partial charge on any atom is -0.384 e. The highest BCUT2D eigenvalue weighted by Crippen LogP contribution is 2.18. The van der Waals surface area contributed by atoms with E-state index in [0.717, 1.165) is 12.0 Å². The fourth-order valence-corrected chi connectivity index (χ4v) is 2.82. The third-order valence-electron chi connectivity index (χ3n) is 2.51. The number of anilines is 1. The van der Waals surface area contributed by atoms with E-state index >= 15 is 0 Å². The molecule has 2 N–H and O–H groups in total. The monoisotopic (exact) mass is 281 g/mol. The van der Waals surface area contributed by atoms with Crippen LogP contribution in [0.1, 0.15) is 30.9 Å². The molecule has 1 rings (SSSR count). The summed E-state index contributed by atoms with van der Waals surface area (Å²) in [6.07, 6.45) is 1.45. The average Bonchev–Trinajstić information content (AvgIpc) is 2.36. The normalized spacial score (nSPS) is 10.7. The van der Waals surface area contributed by atoms with Gasteiger partial charge in [-0.3, -0.25) is 4.72 Å². The zero-order chi connectivity index (χ0) is 14.3. The van der Waals surface area contributed by atoms with Gasteiger partial charge in [-0.25, -0.2) is 8.42 Å². The summed E-state index contributed by atoms with van der Waals surface area (Å²) in [7, 11) is -3.34. The molecular formula is C14H19NO3S. The highest BCUT2D eigenvalue weighted by molar-refractivity contribution is 7.92. The van der Waals surface area contributed by atoms with Crippen molar-refractivity contribution in [2.75, 3.05) is 17.1 Å². The summed E-state index contributed by atoms with van der Waals surface area (Å²) in [4.78, 5) is 0. The van der Waals surface area contributed by atoms with Gasteiger partial charge in [0.25, 0.3) is 0 Å². The molecule has 19 heavy (non-hydrogen) atoms. The van der Waals surface area contributed by atoms with Gasteiger partial charge in [0.1, 0.15) is 6.61 Å². The lowest BCUT2D eigenvalue weighted by Gasteiger charge is -2.10.